The first-order valence-corrected chi connectivity index (χ1v) is 8.61. The van der Waals surface area contributed by atoms with Crippen molar-refractivity contribution in [3.63, 3.8) is 0 Å². The summed E-state index contributed by atoms with van der Waals surface area (Å²) in [7, 11) is 0. The molecule has 0 unspecified atom stereocenters. The van der Waals surface area contributed by atoms with Gasteiger partial charge in [0.2, 0.25) is 0 Å². The Morgan fingerprint density at radius 2 is 1.58 bits per heavy atom. The van der Waals surface area contributed by atoms with Gasteiger partial charge in [-0.2, -0.15) is 0 Å². The molecule has 0 radical (unpaired) electrons. The molecule has 2 heteroatoms. The van der Waals surface area contributed by atoms with E-state index in [1.165, 1.54) is 43.4 Å². The fourth-order valence-electron chi connectivity index (χ4n) is 3.26. The maximum absolute atomic E-state index is 4.43. The van der Waals surface area contributed by atoms with Crippen molar-refractivity contribution in [1.82, 2.24) is 4.98 Å². The number of fused-ring (bicyclic) bond motifs is 1. The lowest BCUT2D eigenvalue weighted by Gasteiger charge is -2.28. The van der Waals surface area contributed by atoms with E-state index in [1.807, 2.05) is 24.4 Å². The minimum absolute atomic E-state index is 0.841. The summed E-state index contributed by atoms with van der Waals surface area (Å²) < 4.78 is 0. The lowest BCUT2D eigenvalue weighted by atomic mass is 10.1. The molecule has 1 aromatic heterocycles. The predicted molar refractivity (Wildman–Crippen MR) is 100 cm³/mol. The molecule has 2 nitrogen and oxygen atoms in total. The van der Waals surface area contributed by atoms with E-state index in [1.54, 1.807) is 0 Å². The Labute approximate surface area is 143 Å². The molecule has 3 aromatic rings. The van der Waals surface area contributed by atoms with Crippen molar-refractivity contribution in [2.75, 3.05) is 18.0 Å². The Kier molecular flexibility index (Phi) is 4.16. The van der Waals surface area contributed by atoms with Crippen molar-refractivity contribution >= 4 is 16.5 Å². The van der Waals surface area contributed by atoms with Crippen molar-refractivity contribution in [3.8, 4) is 11.8 Å². The van der Waals surface area contributed by atoms with E-state index < -0.39 is 0 Å². The number of benzene rings is 2. The second-order valence-electron chi connectivity index (χ2n) is 6.23. The van der Waals surface area contributed by atoms with Crippen molar-refractivity contribution in [2.24, 2.45) is 0 Å². The Bertz CT molecular complexity index is 889. The standard InChI is InChI=1S/C22H20N2/c1-4-16-24(17-5-1)20-11-8-18(9-12-20)10-13-22-21-7-3-2-6-19(21)14-15-23-22/h2-3,6-9,11-12,14-15H,1,4-5,16-17H2. The van der Waals surface area contributed by atoms with Crippen LogP contribution in [0.15, 0.2) is 60.8 Å². The van der Waals surface area contributed by atoms with E-state index in [2.05, 4.69) is 58.1 Å². The Hall–Kier alpha value is -2.79. The summed E-state index contributed by atoms with van der Waals surface area (Å²) in [4.78, 5) is 6.90. The fourth-order valence-corrected chi connectivity index (χ4v) is 3.26. The molecule has 2 heterocycles. The number of hydrogen-bond donors (Lipinski definition) is 0. The summed E-state index contributed by atoms with van der Waals surface area (Å²) in [5, 5.41) is 2.29. The Morgan fingerprint density at radius 3 is 2.42 bits per heavy atom. The van der Waals surface area contributed by atoms with Gasteiger partial charge in [-0.1, -0.05) is 30.2 Å². The third kappa shape index (κ3) is 3.12. The van der Waals surface area contributed by atoms with Crippen LogP contribution in [0.1, 0.15) is 30.5 Å². The molecule has 24 heavy (non-hydrogen) atoms. The largest absolute Gasteiger partial charge is 0.372 e. The summed E-state index contributed by atoms with van der Waals surface area (Å²) >= 11 is 0. The maximum atomic E-state index is 4.43. The van der Waals surface area contributed by atoms with Gasteiger partial charge in [0.15, 0.2) is 0 Å². The number of anilines is 1. The van der Waals surface area contributed by atoms with Gasteiger partial charge in [-0.3, -0.25) is 0 Å². The molecule has 1 aliphatic heterocycles. The fraction of sp³-hybridized carbons (Fsp3) is 0.227. The lowest BCUT2D eigenvalue weighted by Crippen LogP contribution is -2.29. The SMILES string of the molecule is C(#Cc1nccc2ccccc12)c1ccc(N2CCCCC2)cc1. The van der Waals surface area contributed by atoms with Crippen LogP contribution in [0.5, 0.6) is 0 Å². The van der Waals surface area contributed by atoms with Gasteiger partial charge in [0.25, 0.3) is 0 Å². The van der Waals surface area contributed by atoms with Gasteiger partial charge in [-0.05, 0) is 60.9 Å². The summed E-state index contributed by atoms with van der Waals surface area (Å²) in [5.41, 5.74) is 3.18. The summed E-state index contributed by atoms with van der Waals surface area (Å²) in [6.45, 7) is 2.34. The average Bonchev–Trinajstić information content (AvgIpc) is 2.67. The topological polar surface area (TPSA) is 16.1 Å². The van der Waals surface area contributed by atoms with Crippen LogP contribution in [0.2, 0.25) is 0 Å². The monoisotopic (exact) mass is 312 g/mol. The number of hydrogen-bond acceptors (Lipinski definition) is 2. The maximum Gasteiger partial charge on any atom is 0.121 e. The molecule has 4 rings (SSSR count). The van der Waals surface area contributed by atoms with E-state index >= 15 is 0 Å². The molecule has 0 bridgehead atoms. The predicted octanol–water partition coefficient (Wildman–Crippen LogP) is 4.62. The zero-order valence-corrected chi connectivity index (χ0v) is 13.7. The van der Waals surface area contributed by atoms with Crippen molar-refractivity contribution in [2.45, 2.75) is 19.3 Å². The summed E-state index contributed by atoms with van der Waals surface area (Å²) in [5.74, 6) is 6.48. The van der Waals surface area contributed by atoms with Crippen LogP contribution in [0, 0.1) is 11.8 Å². The van der Waals surface area contributed by atoms with Crippen molar-refractivity contribution in [1.29, 1.82) is 0 Å². The lowest BCUT2D eigenvalue weighted by molar-refractivity contribution is 0.578. The molecular formula is C22H20N2. The first-order valence-electron chi connectivity index (χ1n) is 8.61. The quantitative estimate of drug-likeness (QED) is 0.609. The molecule has 118 valence electrons. The number of aromatic nitrogens is 1. The van der Waals surface area contributed by atoms with Crippen LogP contribution in [0.4, 0.5) is 5.69 Å². The minimum Gasteiger partial charge on any atom is -0.372 e. The average molecular weight is 312 g/mol. The Balaban J connectivity index is 1.58. The van der Waals surface area contributed by atoms with Crippen LogP contribution >= 0.6 is 0 Å². The van der Waals surface area contributed by atoms with Gasteiger partial charge in [-0.15, -0.1) is 0 Å². The molecule has 0 atom stereocenters. The van der Waals surface area contributed by atoms with E-state index in [4.69, 9.17) is 0 Å². The third-order valence-electron chi connectivity index (χ3n) is 4.59. The van der Waals surface area contributed by atoms with E-state index in [0.29, 0.717) is 0 Å². The van der Waals surface area contributed by atoms with Crippen LogP contribution in [-0.4, -0.2) is 18.1 Å². The van der Waals surface area contributed by atoms with Gasteiger partial charge in [0, 0.05) is 35.9 Å². The normalized spacial score (nSPS) is 14.2. The molecule has 0 aliphatic carbocycles. The second kappa shape index (κ2) is 6.76. The number of pyridine rings is 1. The molecule has 1 fully saturated rings. The zero-order chi connectivity index (χ0) is 16.2. The van der Waals surface area contributed by atoms with Crippen molar-refractivity contribution < 1.29 is 0 Å². The number of nitrogens with zero attached hydrogens (tertiary/aromatic N) is 2. The van der Waals surface area contributed by atoms with E-state index in [9.17, 15) is 0 Å². The van der Waals surface area contributed by atoms with Crippen LogP contribution in [0.25, 0.3) is 10.8 Å². The second-order valence-corrected chi connectivity index (χ2v) is 6.23. The van der Waals surface area contributed by atoms with Gasteiger partial charge in [-0.25, -0.2) is 4.98 Å². The zero-order valence-electron chi connectivity index (χ0n) is 13.7. The highest BCUT2D eigenvalue weighted by atomic mass is 15.1. The molecule has 0 N–H and O–H groups in total. The molecule has 0 amide bonds. The summed E-state index contributed by atoms with van der Waals surface area (Å²) in [6, 6.07) is 18.9. The van der Waals surface area contributed by atoms with Gasteiger partial charge < -0.3 is 4.90 Å². The number of rotatable bonds is 1. The minimum atomic E-state index is 0.841. The van der Waals surface area contributed by atoms with Crippen molar-refractivity contribution in [3.05, 3.63) is 72.1 Å². The highest BCUT2D eigenvalue weighted by molar-refractivity contribution is 5.86. The Morgan fingerprint density at radius 1 is 0.792 bits per heavy atom. The molecule has 0 spiro atoms. The molecule has 0 saturated carbocycles. The summed E-state index contributed by atoms with van der Waals surface area (Å²) in [6.07, 6.45) is 5.78. The molecule has 1 aliphatic rings. The third-order valence-corrected chi connectivity index (χ3v) is 4.59. The van der Waals surface area contributed by atoms with Gasteiger partial charge in [0.1, 0.15) is 5.69 Å². The molecular weight excluding hydrogens is 292 g/mol. The highest BCUT2D eigenvalue weighted by Crippen LogP contribution is 2.20. The first kappa shape index (κ1) is 14.8. The first-order chi connectivity index (χ1) is 11.9. The van der Waals surface area contributed by atoms with Crippen LogP contribution < -0.4 is 4.90 Å². The van der Waals surface area contributed by atoms with E-state index in [-0.39, 0.29) is 0 Å². The smallest absolute Gasteiger partial charge is 0.121 e. The molecule has 1 saturated heterocycles. The van der Waals surface area contributed by atoms with Crippen LogP contribution in [-0.2, 0) is 0 Å². The molecule has 2 aromatic carbocycles. The van der Waals surface area contributed by atoms with Crippen LogP contribution in [0.3, 0.4) is 0 Å². The highest BCUT2D eigenvalue weighted by Gasteiger charge is 2.10. The number of piperidine rings is 1. The van der Waals surface area contributed by atoms with E-state index in [0.717, 1.165) is 16.6 Å². The van der Waals surface area contributed by atoms with Gasteiger partial charge in [0.05, 0.1) is 0 Å². The van der Waals surface area contributed by atoms with Gasteiger partial charge >= 0.3 is 0 Å².